The number of carbonyl (C=O) groups is 1. The van der Waals surface area contributed by atoms with Crippen LogP contribution in [0.15, 0.2) is 6.33 Å². The van der Waals surface area contributed by atoms with Gasteiger partial charge in [-0.2, -0.15) is 5.10 Å². The molecule has 0 aromatic carbocycles. The van der Waals surface area contributed by atoms with Crippen LogP contribution >= 0.6 is 0 Å². The van der Waals surface area contributed by atoms with Crippen molar-refractivity contribution in [2.75, 3.05) is 0 Å². The van der Waals surface area contributed by atoms with Crippen LogP contribution in [0, 0.1) is 0 Å². The average molecular weight is 238 g/mol. The lowest BCUT2D eigenvalue weighted by molar-refractivity contribution is -0.121. The monoisotopic (exact) mass is 238 g/mol. The summed E-state index contributed by atoms with van der Waals surface area (Å²) in [7, 11) is 0. The van der Waals surface area contributed by atoms with E-state index in [0.29, 0.717) is 12.2 Å². The zero-order chi connectivity index (χ0) is 12.5. The van der Waals surface area contributed by atoms with Crippen LogP contribution < -0.4 is 5.32 Å². The summed E-state index contributed by atoms with van der Waals surface area (Å²) in [4.78, 5) is 15.6. The Labute approximate surface area is 102 Å². The molecule has 96 valence electrons. The summed E-state index contributed by atoms with van der Waals surface area (Å²) < 4.78 is 0. The van der Waals surface area contributed by atoms with E-state index in [0.717, 1.165) is 12.8 Å². The van der Waals surface area contributed by atoms with Crippen molar-refractivity contribution in [3.05, 3.63) is 12.2 Å². The number of hydrogen-bond acceptors (Lipinski definition) is 3. The Morgan fingerprint density at radius 1 is 1.41 bits per heavy atom. The van der Waals surface area contributed by atoms with Crippen LogP contribution in [0.5, 0.6) is 0 Å². The molecule has 1 unspecified atom stereocenters. The first-order chi connectivity index (χ1) is 8.24. The maximum absolute atomic E-state index is 11.6. The standard InChI is InChI=1S/C12H22N4O/c1-3-4-5-6-7-8-11(17)15-10(2)12-13-9-14-16-12/h9-10H,3-8H2,1-2H3,(H,15,17)(H,13,14,16). The molecule has 1 heterocycles. The first kappa shape index (κ1) is 13.7. The zero-order valence-electron chi connectivity index (χ0n) is 10.7. The van der Waals surface area contributed by atoms with Crippen molar-refractivity contribution in [3.8, 4) is 0 Å². The summed E-state index contributed by atoms with van der Waals surface area (Å²) in [6.07, 6.45) is 7.87. The Hall–Kier alpha value is -1.39. The molecule has 0 fully saturated rings. The van der Waals surface area contributed by atoms with Gasteiger partial charge < -0.3 is 5.32 Å². The van der Waals surface area contributed by atoms with E-state index in [9.17, 15) is 4.79 Å². The van der Waals surface area contributed by atoms with Gasteiger partial charge in [-0.25, -0.2) is 4.98 Å². The molecular weight excluding hydrogens is 216 g/mol. The van der Waals surface area contributed by atoms with Crippen molar-refractivity contribution in [1.82, 2.24) is 20.5 Å². The quantitative estimate of drug-likeness (QED) is 0.683. The van der Waals surface area contributed by atoms with E-state index in [2.05, 4.69) is 27.4 Å². The molecule has 1 aromatic heterocycles. The van der Waals surface area contributed by atoms with Gasteiger partial charge in [-0.15, -0.1) is 0 Å². The molecule has 0 aliphatic rings. The molecule has 0 bridgehead atoms. The first-order valence-corrected chi connectivity index (χ1v) is 6.38. The number of rotatable bonds is 8. The molecule has 1 aromatic rings. The van der Waals surface area contributed by atoms with Crippen LogP contribution in [-0.4, -0.2) is 21.1 Å². The highest BCUT2D eigenvalue weighted by Crippen LogP contribution is 2.07. The number of amides is 1. The second-order valence-corrected chi connectivity index (χ2v) is 4.32. The van der Waals surface area contributed by atoms with E-state index in [-0.39, 0.29) is 11.9 Å². The largest absolute Gasteiger partial charge is 0.346 e. The van der Waals surface area contributed by atoms with Gasteiger partial charge in [0.05, 0.1) is 6.04 Å². The number of aromatic nitrogens is 3. The van der Waals surface area contributed by atoms with Gasteiger partial charge >= 0.3 is 0 Å². The van der Waals surface area contributed by atoms with Gasteiger partial charge in [-0.1, -0.05) is 32.6 Å². The molecule has 0 radical (unpaired) electrons. The van der Waals surface area contributed by atoms with Gasteiger partial charge in [-0.3, -0.25) is 9.89 Å². The summed E-state index contributed by atoms with van der Waals surface area (Å²) in [5.41, 5.74) is 0. The van der Waals surface area contributed by atoms with Gasteiger partial charge in [0.2, 0.25) is 5.91 Å². The smallest absolute Gasteiger partial charge is 0.220 e. The van der Waals surface area contributed by atoms with E-state index in [1.807, 2.05) is 6.92 Å². The minimum atomic E-state index is -0.0966. The Morgan fingerprint density at radius 2 is 2.18 bits per heavy atom. The Morgan fingerprint density at radius 3 is 2.82 bits per heavy atom. The van der Waals surface area contributed by atoms with Crippen molar-refractivity contribution < 1.29 is 4.79 Å². The van der Waals surface area contributed by atoms with Gasteiger partial charge in [0, 0.05) is 6.42 Å². The molecule has 5 nitrogen and oxygen atoms in total. The Kier molecular flexibility index (Phi) is 6.29. The maximum Gasteiger partial charge on any atom is 0.220 e. The maximum atomic E-state index is 11.6. The molecule has 17 heavy (non-hydrogen) atoms. The van der Waals surface area contributed by atoms with Crippen LogP contribution in [0.3, 0.4) is 0 Å². The molecule has 0 saturated heterocycles. The molecule has 0 spiro atoms. The third-order valence-electron chi connectivity index (χ3n) is 2.73. The highest BCUT2D eigenvalue weighted by Gasteiger charge is 2.11. The highest BCUT2D eigenvalue weighted by atomic mass is 16.1. The number of carbonyl (C=O) groups excluding carboxylic acids is 1. The van der Waals surface area contributed by atoms with E-state index >= 15 is 0 Å². The lowest BCUT2D eigenvalue weighted by Crippen LogP contribution is -2.27. The van der Waals surface area contributed by atoms with Crippen LogP contribution in [0.2, 0.25) is 0 Å². The van der Waals surface area contributed by atoms with Gasteiger partial charge in [0.1, 0.15) is 12.2 Å². The fraction of sp³-hybridized carbons (Fsp3) is 0.750. The molecule has 1 atom stereocenters. The first-order valence-electron chi connectivity index (χ1n) is 6.38. The van der Waals surface area contributed by atoms with Gasteiger partial charge in [0.15, 0.2) is 0 Å². The molecule has 5 heteroatoms. The van der Waals surface area contributed by atoms with E-state index in [1.165, 1.54) is 25.6 Å². The SMILES string of the molecule is CCCCCCCC(=O)NC(C)c1ncn[nH]1. The number of aromatic amines is 1. The molecule has 0 aliphatic heterocycles. The number of nitrogens with zero attached hydrogens (tertiary/aromatic N) is 2. The minimum Gasteiger partial charge on any atom is -0.346 e. The summed E-state index contributed by atoms with van der Waals surface area (Å²) in [6, 6.07) is -0.0966. The molecule has 1 rings (SSSR count). The van der Waals surface area contributed by atoms with Crippen molar-refractivity contribution in [2.24, 2.45) is 0 Å². The van der Waals surface area contributed by atoms with E-state index in [1.54, 1.807) is 0 Å². The summed E-state index contributed by atoms with van der Waals surface area (Å²) in [5.74, 6) is 0.787. The van der Waals surface area contributed by atoms with Crippen LogP contribution in [0.25, 0.3) is 0 Å². The number of H-pyrrole nitrogens is 1. The fourth-order valence-electron chi connectivity index (χ4n) is 1.69. The number of unbranched alkanes of at least 4 members (excludes halogenated alkanes) is 4. The Bertz CT molecular complexity index is 310. The van der Waals surface area contributed by atoms with Crippen molar-refractivity contribution in [3.63, 3.8) is 0 Å². The molecule has 2 N–H and O–H groups in total. The molecular formula is C12H22N4O. The van der Waals surface area contributed by atoms with Gasteiger partial charge in [-0.05, 0) is 13.3 Å². The normalized spacial score (nSPS) is 12.4. The number of nitrogens with one attached hydrogen (secondary N) is 2. The van der Waals surface area contributed by atoms with Crippen LogP contribution in [0.4, 0.5) is 0 Å². The van der Waals surface area contributed by atoms with E-state index in [4.69, 9.17) is 0 Å². The predicted molar refractivity (Wildman–Crippen MR) is 66.3 cm³/mol. The lowest BCUT2D eigenvalue weighted by atomic mass is 10.1. The van der Waals surface area contributed by atoms with Crippen molar-refractivity contribution in [2.45, 2.75) is 58.4 Å². The Balaban J connectivity index is 2.12. The fourth-order valence-corrected chi connectivity index (χ4v) is 1.69. The average Bonchev–Trinajstić information content (AvgIpc) is 2.82. The zero-order valence-corrected chi connectivity index (χ0v) is 10.7. The van der Waals surface area contributed by atoms with Crippen molar-refractivity contribution >= 4 is 5.91 Å². The molecule has 1 amide bonds. The summed E-state index contributed by atoms with van der Waals surface area (Å²) >= 11 is 0. The molecule has 0 saturated carbocycles. The summed E-state index contributed by atoms with van der Waals surface area (Å²) in [6.45, 7) is 4.08. The van der Waals surface area contributed by atoms with Gasteiger partial charge in [0.25, 0.3) is 0 Å². The van der Waals surface area contributed by atoms with Crippen LogP contribution in [-0.2, 0) is 4.79 Å². The van der Waals surface area contributed by atoms with Crippen molar-refractivity contribution in [1.29, 1.82) is 0 Å². The molecule has 0 aliphatic carbocycles. The third kappa shape index (κ3) is 5.47. The van der Waals surface area contributed by atoms with Crippen LogP contribution in [0.1, 0.15) is 64.2 Å². The third-order valence-corrected chi connectivity index (χ3v) is 2.73. The summed E-state index contributed by atoms with van der Waals surface area (Å²) in [5, 5.41) is 9.41. The predicted octanol–water partition coefficient (Wildman–Crippen LogP) is 2.34. The number of hydrogen-bond donors (Lipinski definition) is 2. The second kappa shape index (κ2) is 7.81. The minimum absolute atomic E-state index is 0.0883. The van der Waals surface area contributed by atoms with E-state index < -0.39 is 0 Å². The second-order valence-electron chi connectivity index (χ2n) is 4.32. The lowest BCUT2D eigenvalue weighted by Gasteiger charge is -2.10. The highest BCUT2D eigenvalue weighted by molar-refractivity contribution is 5.76. The topological polar surface area (TPSA) is 70.7 Å².